The van der Waals surface area contributed by atoms with E-state index in [-0.39, 0.29) is 5.91 Å². The Labute approximate surface area is 118 Å². The van der Waals surface area contributed by atoms with Gasteiger partial charge in [-0.25, -0.2) is 0 Å². The molecular weight excluding hydrogens is 262 g/mol. The highest BCUT2D eigenvalue weighted by Gasteiger charge is 2.25. The number of fused-ring (bicyclic) bond motifs is 1. The van der Waals surface area contributed by atoms with E-state index in [1.54, 1.807) is 0 Å². The van der Waals surface area contributed by atoms with Crippen molar-refractivity contribution in [3.8, 4) is 5.75 Å². The fraction of sp³-hybridized carbons (Fsp3) is 0.533. The van der Waals surface area contributed by atoms with Crippen molar-refractivity contribution in [3.63, 3.8) is 0 Å². The number of piperidine rings is 1. The van der Waals surface area contributed by atoms with Crippen LogP contribution in [0.2, 0.25) is 0 Å². The normalized spacial score (nSPS) is 21.9. The van der Waals surface area contributed by atoms with Crippen molar-refractivity contribution in [2.75, 3.05) is 25.6 Å². The predicted molar refractivity (Wildman–Crippen MR) is 75.0 cm³/mol. The van der Waals surface area contributed by atoms with E-state index < -0.39 is 0 Å². The molecular formula is C15H18ClNO2. The average molecular weight is 280 g/mol. The number of amides is 1. The summed E-state index contributed by atoms with van der Waals surface area (Å²) in [7, 11) is 0. The molecule has 102 valence electrons. The summed E-state index contributed by atoms with van der Waals surface area (Å²) in [6.07, 6.45) is 3.09. The van der Waals surface area contributed by atoms with Crippen LogP contribution in [0.1, 0.15) is 28.8 Å². The van der Waals surface area contributed by atoms with Gasteiger partial charge in [0.1, 0.15) is 5.75 Å². The van der Waals surface area contributed by atoms with Gasteiger partial charge < -0.3 is 9.64 Å². The first kappa shape index (κ1) is 12.8. The van der Waals surface area contributed by atoms with Crippen LogP contribution >= 0.6 is 11.6 Å². The Morgan fingerprint density at radius 1 is 1.47 bits per heavy atom. The molecule has 1 atom stereocenters. The minimum Gasteiger partial charge on any atom is -0.493 e. The first-order valence-corrected chi connectivity index (χ1v) is 7.42. The zero-order valence-electron chi connectivity index (χ0n) is 10.9. The molecule has 0 radical (unpaired) electrons. The Hall–Kier alpha value is -1.22. The van der Waals surface area contributed by atoms with Crippen molar-refractivity contribution < 1.29 is 9.53 Å². The number of alkyl halides is 1. The van der Waals surface area contributed by atoms with Gasteiger partial charge in [-0.15, -0.1) is 11.6 Å². The standard InChI is InChI=1S/C15H18ClNO2/c16-9-11-2-1-6-17(10-11)15(18)13-3-4-14-12(8-13)5-7-19-14/h3-4,8,11H,1-2,5-7,9-10H2. The number of rotatable bonds is 2. The van der Waals surface area contributed by atoms with Crippen LogP contribution in [0.4, 0.5) is 0 Å². The minimum absolute atomic E-state index is 0.129. The summed E-state index contributed by atoms with van der Waals surface area (Å²) >= 11 is 5.92. The molecule has 1 aromatic rings. The highest BCUT2D eigenvalue weighted by molar-refractivity contribution is 6.18. The topological polar surface area (TPSA) is 29.5 Å². The molecule has 3 nitrogen and oxygen atoms in total. The smallest absolute Gasteiger partial charge is 0.253 e. The first-order chi connectivity index (χ1) is 9.28. The summed E-state index contributed by atoms with van der Waals surface area (Å²) in [5.41, 5.74) is 1.93. The molecule has 0 N–H and O–H groups in total. The van der Waals surface area contributed by atoms with Crippen LogP contribution in [-0.4, -0.2) is 36.4 Å². The van der Waals surface area contributed by atoms with Gasteiger partial charge in [0, 0.05) is 31.0 Å². The van der Waals surface area contributed by atoms with Crippen LogP contribution in [0.3, 0.4) is 0 Å². The van der Waals surface area contributed by atoms with Crippen molar-refractivity contribution >= 4 is 17.5 Å². The summed E-state index contributed by atoms with van der Waals surface area (Å²) in [5.74, 6) is 2.14. The third kappa shape index (κ3) is 2.57. The van der Waals surface area contributed by atoms with Gasteiger partial charge in [-0.05, 0) is 42.5 Å². The molecule has 1 amide bonds. The van der Waals surface area contributed by atoms with Gasteiger partial charge in [0.15, 0.2) is 0 Å². The molecule has 0 aliphatic carbocycles. The van der Waals surface area contributed by atoms with E-state index in [1.807, 2.05) is 23.1 Å². The van der Waals surface area contributed by atoms with Crippen LogP contribution in [0.15, 0.2) is 18.2 Å². The van der Waals surface area contributed by atoms with Crippen molar-refractivity contribution in [1.82, 2.24) is 4.90 Å². The van der Waals surface area contributed by atoms with Crippen LogP contribution < -0.4 is 4.74 Å². The number of likely N-dealkylation sites (tertiary alicyclic amines) is 1. The molecule has 2 aliphatic heterocycles. The third-order valence-electron chi connectivity index (χ3n) is 3.96. The number of halogens is 1. The molecule has 0 bridgehead atoms. The van der Waals surface area contributed by atoms with Gasteiger partial charge in [0.2, 0.25) is 0 Å². The lowest BCUT2D eigenvalue weighted by atomic mass is 9.99. The average Bonchev–Trinajstić information content (AvgIpc) is 2.94. The number of hydrogen-bond acceptors (Lipinski definition) is 2. The van der Waals surface area contributed by atoms with E-state index in [0.29, 0.717) is 11.8 Å². The van der Waals surface area contributed by atoms with Gasteiger partial charge in [-0.3, -0.25) is 4.79 Å². The third-order valence-corrected chi connectivity index (χ3v) is 4.40. The van der Waals surface area contributed by atoms with E-state index in [4.69, 9.17) is 16.3 Å². The molecule has 2 heterocycles. The van der Waals surface area contributed by atoms with Crippen molar-refractivity contribution in [3.05, 3.63) is 29.3 Å². The largest absolute Gasteiger partial charge is 0.493 e. The van der Waals surface area contributed by atoms with Gasteiger partial charge in [0.05, 0.1) is 6.61 Å². The van der Waals surface area contributed by atoms with E-state index in [9.17, 15) is 4.79 Å². The Morgan fingerprint density at radius 2 is 2.37 bits per heavy atom. The summed E-state index contributed by atoms with van der Waals surface area (Å²) < 4.78 is 5.47. The molecule has 1 fully saturated rings. The molecule has 1 aromatic carbocycles. The van der Waals surface area contributed by atoms with Crippen molar-refractivity contribution in [2.45, 2.75) is 19.3 Å². The first-order valence-electron chi connectivity index (χ1n) is 6.89. The molecule has 0 saturated carbocycles. The Morgan fingerprint density at radius 3 is 3.21 bits per heavy atom. The second-order valence-electron chi connectivity index (χ2n) is 5.33. The Bertz CT molecular complexity index is 489. The number of hydrogen-bond donors (Lipinski definition) is 0. The van der Waals surface area contributed by atoms with Crippen molar-refractivity contribution in [2.24, 2.45) is 5.92 Å². The molecule has 1 unspecified atom stereocenters. The second kappa shape index (κ2) is 5.41. The van der Waals surface area contributed by atoms with E-state index in [0.717, 1.165) is 55.8 Å². The van der Waals surface area contributed by atoms with E-state index in [1.165, 1.54) is 0 Å². The van der Waals surface area contributed by atoms with Gasteiger partial charge >= 0.3 is 0 Å². The zero-order valence-corrected chi connectivity index (χ0v) is 11.7. The van der Waals surface area contributed by atoms with E-state index >= 15 is 0 Å². The molecule has 19 heavy (non-hydrogen) atoms. The van der Waals surface area contributed by atoms with Gasteiger partial charge in [0.25, 0.3) is 5.91 Å². The zero-order chi connectivity index (χ0) is 13.2. The summed E-state index contributed by atoms with van der Waals surface area (Å²) in [6, 6.07) is 5.77. The van der Waals surface area contributed by atoms with Gasteiger partial charge in [-0.1, -0.05) is 0 Å². The maximum absolute atomic E-state index is 12.5. The van der Waals surface area contributed by atoms with Crippen LogP contribution in [-0.2, 0) is 6.42 Å². The molecule has 4 heteroatoms. The lowest BCUT2D eigenvalue weighted by Gasteiger charge is -2.32. The van der Waals surface area contributed by atoms with Crippen molar-refractivity contribution in [1.29, 1.82) is 0 Å². The number of ether oxygens (including phenoxy) is 1. The molecule has 3 rings (SSSR count). The van der Waals surface area contributed by atoms with Crippen LogP contribution in [0, 0.1) is 5.92 Å². The monoisotopic (exact) mass is 279 g/mol. The lowest BCUT2D eigenvalue weighted by molar-refractivity contribution is 0.0685. The van der Waals surface area contributed by atoms with Crippen LogP contribution in [0.5, 0.6) is 5.75 Å². The Balaban J connectivity index is 1.76. The van der Waals surface area contributed by atoms with Crippen LogP contribution in [0.25, 0.3) is 0 Å². The highest BCUT2D eigenvalue weighted by atomic mass is 35.5. The lowest BCUT2D eigenvalue weighted by Crippen LogP contribution is -2.40. The quantitative estimate of drug-likeness (QED) is 0.779. The Kier molecular flexibility index (Phi) is 3.65. The summed E-state index contributed by atoms with van der Waals surface area (Å²) in [5, 5.41) is 0. The number of carbonyl (C=O) groups excluding carboxylic acids is 1. The highest BCUT2D eigenvalue weighted by Crippen LogP contribution is 2.27. The fourth-order valence-corrected chi connectivity index (χ4v) is 3.13. The minimum atomic E-state index is 0.129. The number of nitrogens with zero attached hydrogens (tertiary/aromatic N) is 1. The summed E-state index contributed by atoms with van der Waals surface area (Å²) in [6.45, 7) is 2.36. The maximum Gasteiger partial charge on any atom is 0.253 e. The van der Waals surface area contributed by atoms with Gasteiger partial charge in [-0.2, -0.15) is 0 Å². The number of benzene rings is 1. The second-order valence-corrected chi connectivity index (χ2v) is 5.64. The predicted octanol–water partition coefficient (Wildman–Crippen LogP) is 2.71. The molecule has 0 aromatic heterocycles. The summed E-state index contributed by atoms with van der Waals surface area (Å²) in [4.78, 5) is 14.4. The fourth-order valence-electron chi connectivity index (χ4n) is 2.88. The molecule has 1 saturated heterocycles. The number of carbonyl (C=O) groups is 1. The molecule has 0 spiro atoms. The SMILES string of the molecule is O=C(c1ccc2c(c1)CCO2)N1CCCC(CCl)C1. The van der Waals surface area contributed by atoms with E-state index in [2.05, 4.69) is 0 Å². The maximum atomic E-state index is 12.5. The molecule has 2 aliphatic rings.